The number of non-ortho nitro benzene ring substituents is 1. The number of esters is 1. The van der Waals surface area contributed by atoms with Crippen LogP contribution in [0.4, 0.5) is 5.69 Å². The van der Waals surface area contributed by atoms with E-state index in [-0.39, 0.29) is 18.3 Å². The molecule has 0 heterocycles. The Morgan fingerprint density at radius 1 is 1.32 bits per heavy atom. The topological polar surface area (TPSA) is 87.9 Å². The molecule has 0 aliphatic heterocycles. The molecular formula is C18H25NO6. The Balaban J connectivity index is 2.46. The molecule has 0 aromatic heterocycles. The van der Waals surface area contributed by atoms with Crippen LogP contribution in [0, 0.1) is 10.1 Å². The van der Waals surface area contributed by atoms with Crippen molar-refractivity contribution in [2.75, 3.05) is 19.8 Å². The largest absolute Gasteiger partial charge is 0.493 e. The number of nitro groups is 1. The van der Waals surface area contributed by atoms with Crippen LogP contribution in [0.3, 0.4) is 0 Å². The summed E-state index contributed by atoms with van der Waals surface area (Å²) in [5.41, 5.74) is 0.626. The lowest BCUT2D eigenvalue weighted by Crippen LogP contribution is -2.05. The molecule has 0 radical (unpaired) electrons. The number of ether oxygens (including phenoxy) is 3. The van der Waals surface area contributed by atoms with Gasteiger partial charge < -0.3 is 14.2 Å². The highest BCUT2D eigenvalue weighted by Crippen LogP contribution is 2.25. The molecule has 0 saturated carbocycles. The first kappa shape index (κ1) is 20.6. The maximum Gasteiger partial charge on any atom is 0.305 e. The zero-order valence-corrected chi connectivity index (χ0v) is 14.6. The third-order valence-corrected chi connectivity index (χ3v) is 3.34. The van der Waals surface area contributed by atoms with Crippen LogP contribution in [-0.4, -0.2) is 30.7 Å². The van der Waals surface area contributed by atoms with Crippen molar-refractivity contribution in [3.05, 3.63) is 46.5 Å². The minimum absolute atomic E-state index is 0.000936. The van der Waals surface area contributed by atoms with Crippen molar-refractivity contribution < 1.29 is 23.9 Å². The highest BCUT2D eigenvalue weighted by atomic mass is 16.6. The van der Waals surface area contributed by atoms with E-state index >= 15 is 0 Å². The molecule has 1 aromatic carbocycles. The van der Waals surface area contributed by atoms with Gasteiger partial charge in [-0.2, -0.15) is 0 Å². The van der Waals surface area contributed by atoms with Crippen LogP contribution in [0.15, 0.2) is 30.9 Å². The van der Waals surface area contributed by atoms with E-state index in [9.17, 15) is 14.9 Å². The average molecular weight is 351 g/mol. The summed E-state index contributed by atoms with van der Waals surface area (Å²) in [6.45, 7) is 6.79. The molecule has 7 heteroatoms. The Kier molecular flexibility index (Phi) is 9.92. The Morgan fingerprint density at radius 2 is 2.12 bits per heavy atom. The van der Waals surface area contributed by atoms with Gasteiger partial charge in [0, 0.05) is 24.1 Å². The predicted octanol–water partition coefficient (Wildman–Crippen LogP) is 3.80. The number of rotatable bonds is 13. The van der Waals surface area contributed by atoms with Crippen LogP contribution in [0.25, 0.3) is 0 Å². The van der Waals surface area contributed by atoms with Crippen LogP contribution in [0.1, 0.15) is 38.2 Å². The van der Waals surface area contributed by atoms with Crippen molar-refractivity contribution in [3.63, 3.8) is 0 Å². The number of unbranched alkanes of at least 4 members (excludes halogenated alkanes) is 2. The summed E-state index contributed by atoms with van der Waals surface area (Å²) in [4.78, 5) is 21.7. The van der Waals surface area contributed by atoms with Gasteiger partial charge in [0.15, 0.2) is 0 Å². The maximum absolute atomic E-state index is 11.2. The summed E-state index contributed by atoms with van der Waals surface area (Å²) >= 11 is 0. The minimum atomic E-state index is -0.448. The van der Waals surface area contributed by atoms with Gasteiger partial charge in [0.05, 0.1) is 31.4 Å². The van der Waals surface area contributed by atoms with Crippen molar-refractivity contribution in [3.8, 4) is 5.75 Å². The van der Waals surface area contributed by atoms with E-state index in [1.54, 1.807) is 19.1 Å². The van der Waals surface area contributed by atoms with E-state index < -0.39 is 4.92 Å². The van der Waals surface area contributed by atoms with Crippen LogP contribution < -0.4 is 4.74 Å². The second-order valence-corrected chi connectivity index (χ2v) is 5.32. The summed E-state index contributed by atoms with van der Waals surface area (Å²) in [5.74, 6) is 0.389. The van der Waals surface area contributed by atoms with Gasteiger partial charge in [0.1, 0.15) is 5.75 Å². The molecule has 138 valence electrons. The van der Waals surface area contributed by atoms with Gasteiger partial charge in [0.2, 0.25) is 0 Å². The molecule has 0 spiro atoms. The zero-order chi connectivity index (χ0) is 18.5. The van der Waals surface area contributed by atoms with Gasteiger partial charge in [-0.25, -0.2) is 0 Å². The number of carbonyl (C=O) groups excluding carboxylic acids is 1. The average Bonchev–Trinajstić information content (AvgIpc) is 2.59. The number of carbonyl (C=O) groups is 1. The molecule has 0 aliphatic carbocycles. The van der Waals surface area contributed by atoms with Gasteiger partial charge in [-0.1, -0.05) is 6.08 Å². The van der Waals surface area contributed by atoms with Crippen molar-refractivity contribution in [2.45, 2.75) is 39.2 Å². The summed E-state index contributed by atoms with van der Waals surface area (Å²) < 4.78 is 15.9. The molecule has 1 rings (SSSR count). The molecule has 25 heavy (non-hydrogen) atoms. The van der Waals surface area contributed by atoms with E-state index in [0.717, 1.165) is 19.3 Å². The fourth-order valence-corrected chi connectivity index (χ4v) is 2.15. The number of hydrogen-bond donors (Lipinski definition) is 0. The number of benzene rings is 1. The lowest BCUT2D eigenvalue weighted by molar-refractivity contribution is -0.385. The lowest BCUT2D eigenvalue weighted by atomic mass is 10.2. The maximum atomic E-state index is 11.2. The predicted molar refractivity (Wildman–Crippen MR) is 93.5 cm³/mol. The Labute approximate surface area is 147 Å². The SMILES string of the molecule is C=CCOCc1cc([N+](=O)[O-])ccc1OCCCCCC(=O)OCC. The first-order chi connectivity index (χ1) is 12.1. The third kappa shape index (κ3) is 8.30. The highest BCUT2D eigenvalue weighted by molar-refractivity contribution is 5.69. The summed E-state index contributed by atoms with van der Waals surface area (Å²) in [7, 11) is 0. The van der Waals surface area contributed by atoms with Crippen LogP contribution in [-0.2, 0) is 20.9 Å². The Hall–Kier alpha value is -2.41. The quantitative estimate of drug-likeness (QED) is 0.177. The molecule has 0 N–H and O–H groups in total. The van der Waals surface area contributed by atoms with Gasteiger partial charge >= 0.3 is 5.97 Å². The lowest BCUT2D eigenvalue weighted by Gasteiger charge is -2.11. The summed E-state index contributed by atoms with van der Waals surface area (Å²) in [5, 5.41) is 10.9. The molecule has 0 amide bonds. The molecule has 0 bridgehead atoms. The fraction of sp³-hybridized carbons (Fsp3) is 0.500. The van der Waals surface area contributed by atoms with E-state index in [0.29, 0.717) is 37.6 Å². The molecule has 0 atom stereocenters. The summed E-state index contributed by atoms with van der Waals surface area (Å²) in [6.07, 6.45) is 4.39. The van der Waals surface area contributed by atoms with E-state index in [4.69, 9.17) is 14.2 Å². The zero-order valence-electron chi connectivity index (χ0n) is 14.6. The first-order valence-electron chi connectivity index (χ1n) is 8.32. The fourth-order valence-electron chi connectivity index (χ4n) is 2.15. The van der Waals surface area contributed by atoms with Crippen LogP contribution >= 0.6 is 0 Å². The van der Waals surface area contributed by atoms with Crippen molar-refractivity contribution in [2.24, 2.45) is 0 Å². The second kappa shape index (κ2) is 12.0. The van der Waals surface area contributed by atoms with Crippen molar-refractivity contribution in [1.29, 1.82) is 0 Å². The van der Waals surface area contributed by atoms with Crippen molar-refractivity contribution >= 4 is 11.7 Å². The van der Waals surface area contributed by atoms with E-state index in [1.165, 1.54) is 12.1 Å². The van der Waals surface area contributed by atoms with E-state index in [1.807, 2.05) is 0 Å². The molecule has 7 nitrogen and oxygen atoms in total. The number of nitro benzene ring substituents is 1. The van der Waals surface area contributed by atoms with Gasteiger partial charge in [0.25, 0.3) is 5.69 Å². The molecule has 1 aromatic rings. The smallest absolute Gasteiger partial charge is 0.305 e. The highest BCUT2D eigenvalue weighted by Gasteiger charge is 2.12. The minimum Gasteiger partial charge on any atom is -0.493 e. The summed E-state index contributed by atoms with van der Waals surface area (Å²) in [6, 6.07) is 4.45. The normalized spacial score (nSPS) is 10.3. The van der Waals surface area contributed by atoms with Crippen LogP contribution in [0.5, 0.6) is 5.75 Å². The van der Waals surface area contributed by atoms with Crippen LogP contribution in [0.2, 0.25) is 0 Å². The Bertz CT molecular complexity index is 573. The molecule has 0 aliphatic rings. The number of hydrogen-bond acceptors (Lipinski definition) is 6. The standard InChI is InChI=1S/C18H25NO6/c1-3-11-23-14-15-13-16(19(21)22)9-10-17(15)25-12-7-5-6-8-18(20)24-4-2/h3,9-10,13H,1,4-8,11-12,14H2,2H3. The monoisotopic (exact) mass is 351 g/mol. The number of nitrogens with zero attached hydrogens (tertiary/aromatic N) is 1. The molecule has 0 unspecified atom stereocenters. The van der Waals surface area contributed by atoms with E-state index in [2.05, 4.69) is 6.58 Å². The first-order valence-corrected chi connectivity index (χ1v) is 8.32. The van der Waals surface area contributed by atoms with Crippen molar-refractivity contribution in [1.82, 2.24) is 0 Å². The molecule has 0 saturated heterocycles. The van der Waals surface area contributed by atoms with Gasteiger partial charge in [-0.15, -0.1) is 6.58 Å². The van der Waals surface area contributed by atoms with Gasteiger partial charge in [-0.3, -0.25) is 14.9 Å². The second-order valence-electron chi connectivity index (χ2n) is 5.32. The molecule has 0 fully saturated rings. The third-order valence-electron chi connectivity index (χ3n) is 3.34. The Morgan fingerprint density at radius 3 is 2.80 bits per heavy atom. The molecular weight excluding hydrogens is 326 g/mol. The van der Waals surface area contributed by atoms with Gasteiger partial charge in [-0.05, 0) is 32.3 Å².